The number of nitrogens with one attached hydrogen (secondary N) is 2. The van der Waals surface area contributed by atoms with Gasteiger partial charge >= 0.3 is 12.1 Å². The van der Waals surface area contributed by atoms with Crippen LogP contribution in [0.1, 0.15) is 0 Å². The molecule has 1 amide bonds. The number of rotatable bonds is 3. The minimum atomic E-state index is -5.10. The van der Waals surface area contributed by atoms with E-state index in [0.717, 1.165) is 24.5 Å². The molecule has 1 aromatic carbocycles. The maximum Gasteiger partial charge on any atom is 0.471 e. The first-order valence-corrected chi connectivity index (χ1v) is 6.54. The van der Waals surface area contributed by atoms with Crippen LogP contribution in [0.5, 0.6) is 0 Å². The summed E-state index contributed by atoms with van der Waals surface area (Å²) in [5.41, 5.74) is -0.961. The Balaban J connectivity index is 3.00. The van der Waals surface area contributed by atoms with Crippen molar-refractivity contribution in [2.45, 2.75) is 6.18 Å². The highest BCUT2D eigenvalue weighted by Crippen LogP contribution is 2.23. The van der Waals surface area contributed by atoms with E-state index in [2.05, 4.69) is 0 Å². The first-order valence-electron chi connectivity index (χ1n) is 4.64. The summed E-state index contributed by atoms with van der Waals surface area (Å²) < 4.78 is 72.7. The molecule has 0 fully saturated rings. The topological polar surface area (TPSA) is 75.3 Å². The number of hydrogen-bond acceptors (Lipinski definition) is 3. The average molecular weight is 300 g/mol. The van der Waals surface area contributed by atoms with Gasteiger partial charge in [-0.15, -0.1) is 0 Å². The summed E-state index contributed by atoms with van der Waals surface area (Å²) in [6, 6.07) is 2.33. The highest BCUT2D eigenvalue weighted by molar-refractivity contribution is 7.92. The molecule has 5 nitrogen and oxygen atoms in total. The highest BCUT2D eigenvalue weighted by Gasteiger charge is 2.38. The average Bonchev–Trinajstić information content (AvgIpc) is 2.19. The molecule has 0 radical (unpaired) electrons. The van der Waals surface area contributed by atoms with Crippen LogP contribution in [0.2, 0.25) is 0 Å². The molecule has 19 heavy (non-hydrogen) atoms. The molecule has 0 saturated heterocycles. The number of carbonyl (C=O) groups excluding carboxylic acids is 1. The van der Waals surface area contributed by atoms with E-state index in [1.165, 1.54) is 5.32 Å². The summed E-state index contributed by atoms with van der Waals surface area (Å²) in [6.45, 7) is 0. The molecule has 0 bridgehead atoms. The lowest BCUT2D eigenvalue weighted by molar-refractivity contribution is -0.167. The third-order valence-electron chi connectivity index (χ3n) is 1.78. The summed E-state index contributed by atoms with van der Waals surface area (Å²) in [4.78, 5) is 10.6. The number of hydrogen-bond donors (Lipinski definition) is 2. The van der Waals surface area contributed by atoms with Gasteiger partial charge in [-0.05, 0) is 18.2 Å². The van der Waals surface area contributed by atoms with Crippen LogP contribution in [0, 0.1) is 5.82 Å². The fourth-order valence-corrected chi connectivity index (χ4v) is 1.64. The van der Waals surface area contributed by atoms with Crippen molar-refractivity contribution < 1.29 is 30.8 Å². The molecule has 0 spiro atoms. The van der Waals surface area contributed by atoms with Crippen molar-refractivity contribution in [1.29, 1.82) is 0 Å². The van der Waals surface area contributed by atoms with Crippen LogP contribution in [-0.4, -0.2) is 26.8 Å². The van der Waals surface area contributed by atoms with Crippen LogP contribution < -0.4 is 10.0 Å². The number of amides is 1. The summed E-state index contributed by atoms with van der Waals surface area (Å²) in [5.74, 6) is -3.24. The van der Waals surface area contributed by atoms with Gasteiger partial charge in [-0.2, -0.15) is 13.2 Å². The zero-order chi connectivity index (χ0) is 14.8. The minimum Gasteiger partial charge on any atom is -0.318 e. The summed E-state index contributed by atoms with van der Waals surface area (Å²) in [5, 5.41) is 1.47. The van der Waals surface area contributed by atoms with Gasteiger partial charge in [0.05, 0.1) is 11.9 Å². The fraction of sp³-hybridized carbons (Fsp3) is 0.222. The van der Waals surface area contributed by atoms with E-state index in [1.807, 2.05) is 0 Å². The van der Waals surface area contributed by atoms with E-state index in [4.69, 9.17) is 0 Å². The van der Waals surface area contributed by atoms with Crippen molar-refractivity contribution in [3.8, 4) is 0 Å². The molecule has 10 heteroatoms. The third kappa shape index (κ3) is 4.73. The first-order chi connectivity index (χ1) is 8.49. The number of sulfonamides is 1. The quantitative estimate of drug-likeness (QED) is 0.834. The maximum absolute atomic E-state index is 13.2. The van der Waals surface area contributed by atoms with Gasteiger partial charge in [0.1, 0.15) is 5.82 Å². The predicted octanol–water partition coefficient (Wildman–Crippen LogP) is 1.70. The maximum atomic E-state index is 13.2. The Morgan fingerprint density at radius 3 is 2.32 bits per heavy atom. The van der Waals surface area contributed by atoms with Gasteiger partial charge in [-0.3, -0.25) is 9.52 Å². The molecule has 0 aliphatic heterocycles. The van der Waals surface area contributed by atoms with Crippen LogP contribution in [0.3, 0.4) is 0 Å². The number of anilines is 2. The second-order valence-corrected chi connectivity index (χ2v) is 5.27. The van der Waals surface area contributed by atoms with Crippen LogP contribution >= 0.6 is 0 Å². The fourth-order valence-electron chi connectivity index (χ4n) is 1.08. The van der Waals surface area contributed by atoms with Crippen LogP contribution in [-0.2, 0) is 14.8 Å². The second-order valence-electron chi connectivity index (χ2n) is 3.52. The molecule has 0 atom stereocenters. The standard InChI is InChI=1S/C9H8F4N2O3S/c1-19(17,18)15-7-4-5(2-3-6(7)10)14-8(16)9(11,12)13/h2-4,15H,1H3,(H,14,16). The van der Waals surface area contributed by atoms with E-state index in [1.54, 1.807) is 4.72 Å². The van der Waals surface area contributed by atoms with Crippen molar-refractivity contribution in [3.63, 3.8) is 0 Å². The Kier molecular flexibility index (Phi) is 4.03. The zero-order valence-electron chi connectivity index (χ0n) is 9.38. The Morgan fingerprint density at radius 1 is 1.26 bits per heavy atom. The van der Waals surface area contributed by atoms with Crippen LogP contribution in [0.25, 0.3) is 0 Å². The van der Waals surface area contributed by atoms with E-state index >= 15 is 0 Å². The van der Waals surface area contributed by atoms with Crippen molar-refractivity contribution in [1.82, 2.24) is 0 Å². The Morgan fingerprint density at radius 2 is 1.84 bits per heavy atom. The largest absolute Gasteiger partial charge is 0.471 e. The Labute approximate surface area is 105 Å². The SMILES string of the molecule is CS(=O)(=O)Nc1cc(NC(=O)C(F)(F)F)ccc1F. The Bertz CT molecular complexity index is 598. The number of alkyl halides is 3. The molecule has 1 aromatic rings. The lowest BCUT2D eigenvalue weighted by Gasteiger charge is -2.10. The van der Waals surface area contributed by atoms with Crippen molar-refractivity contribution in [2.75, 3.05) is 16.3 Å². The lowest BCUT2D eigenvalue weighted by Crippen LogP contribution is -2.30. The second kappa shape index (κ2) is 5.03. The summed E-state index contributed by atoms with van der Waals surface area (Å²) in [6.07, 6.45) is -4.35. The highest BCUT2D eigenvalue weighted by atomic mass is 32.2. The molecule has 0 unspecified atom stereocenters. The van der Waals surface area contributed by atoms with E-state index in [9.17, 15) is 30.8 Å². The van der Waals surface area contributed by atoms with Gasteiger partial charge in [0.15, 0.2) is 0 Å². The Hall–Kier alpha value is -1.84. The molecule has 0 saturated carbocycles. The molecule has 106 valence electrons. The van der Waals surface area contributed by atoms with Gasteiger partial charge in [0, 0.05) is 5.69 Å². The van der Waals surface area contributed by atoms with E-state index in [0.29, 0.717) is 0 Å². The van der Waals surface area contributed by atoms with Gasteiger partial charge in [0.2, 0.25) is 10.0 Å². The molecule has 0 aliphatic carbocycles. The summed E-state index contributed by atoms with van der Waals surface area (Å²) >= 11 is 0. The van der Waals surface area contributed by atoms with Crippen molar-refractivity contribution in [2.24, 2.45) is 0 Å². The summed E-state index contributed by atoms with van der Waals surface area (Å²) in [7, 11) is -3.80. The molecule has 0 aliphatic rings. The van der Waals surface area contributed by atoms with Crippen molar-refractivity contribution in [3.05, 3.63) is 24.0 Å². The molecular formula is C9H8F4N2O3S. The van der Waals surface area contributed by atoms with Gasteiger partial charge in [-0.1, -0.05) is 0 Å². The van der Waals surface area contributed by atoms with E-state index in [-0.39, 0.29) is 0 Å². The smallest absolute Gasteiger partial charge is 0.318 e. The van der Waals surface area contributed by atoms with Crippen molar-refractivity contribution >= 4 is 27.3 Å². The molecular weight excluding hydrogens is 292 g/mol. The van der Waals surface area contributed by atoms with Gasteiger partial charge in [-0.25, -0.2) is 12.8 Å². The molecule has 2 N–H and O–H groups in total. The normalized spacial score (nSPS) is 12.1. The van der Waals surface area contributed by atoms with Gasteiger partial charge < -0.3 is 5.32 Å². The van der Waals surface area contributed by atoms with Gasteiger partial charge in [0.25, 0.3) is 0 Å². The monoisotopic (exact) mass is 300 g/mol. The van der Waals surface area contributed by atoms with Crippen LogP contribution in [0.15, 0.2) is 18.2 Å². The van der Waals surface area contributed by atoms with E-state index < -0.39 is 39.3 Å². The van der Waals surface area contributed by atoms with Crippen LogP contribution in [0.4, 0.5) is 28.9 Å². The zero-order valence-corrected chi connectivity index (χ0v) is 10.2. The molecule has 1 rings (SSSR count). The first kappa shape index (κ1) is 15.2. The number of carbonyl (C=O) groups is 1. The molecule has 0 aromatic heterocycles. The number of halogens is 4. The third-order valence-corrected chi connectivity index (χ3v) is 2.37. The lowest BCUT2D eigenvalue weighted by atomic mass is 10.2. The molecule has 0 heterocycles. The minimum absolute atomic E-state index is 0.394. The predicted molar refractivity (Wildman–Crippen MR) is 59.6 cm³/mol. The number of benzene rings is 1.